The number of nitrogens with zero attached hydrogens (tertiary/aromatic N) is 2. The van der Waals surface area contributed by atoms with Crippen molar-refractivity contribution >= 4 is 0 Å². The minimum absolute atomic E-state index is 0.277. The molecule has 2 rings (SSSR count). The van der Waals surface area contributed by atoms with Gasteiger partial charge < -0.3 is 15.2 Å². The molecule has 0 spiro atoms. The lowest BCUT2D eigenvalue weighted by Gasteiger charge is -2.20. The van der Waals surface area contributed by atoms with Gasteiger partial charge in [0.2, 0.25) is 5.88 Å². The van der Waals surface area contributed by atoms with Gasteiger partial charge in [0.1, 0.15) is 0 Å². The number of aliphatic hydroxyl groups is 1. The van der Waals surface area contributed by atoms with Crippen LogP contribution in [0.1, 0.15) is 36.1 Å². The van der Waals surface area contributed by atoms with Crippen LogP contribution in [0.5, 0.6) is 5.88 Å². The first-order valence-corrected chi connectivity index (χ1v) is 8.03. The van der Waals surface area contributed by atoms with Crippen LogP contribution in [0.15, 0.2) is 30.3 Å². The maximum atomic E-state index is 9.77. The summed E-state index contributed by atoms with van der Waals surface area (Å²) in [4.78, 5) is 0. The van der Waals surface area contributed by atoms with E-state index >= 15 is 0 Å². The Labute approximate surface area is 138 Å². The Morgan fingerprint density at radius 2 is 2.00 bits per heavy atom. The SMILES string of the molecule is COc1c(CNCC(CC(C)O)c2ccccc2)c(C)nn1C. The minimum Gasteiger partial charge on any atom is -0.481 e. The molecule has 2 unspecified atom stereocenters. The molecule has 0 fully saturated rings. The normalized spacial score (nSPS) is 13.8. The molecule has 0 radical (unpaired) electrons. The smallest absolute Gasteiger partial charge is 0.216 e. The van der Waals surface area contributed by atoms with Gasteiger partial charge in [-0.2, -0.15) is 5.10 Å². The predicted molar refractivity (Wildman–Crippen MR) is 91.7 cm³/mol. The van der Waals surface area contributed by atoms with Crippen LogP contribution >= 0.6 is 0 Å². The summed E-state index contributed by atoms with van der Waals surface area (Å²) in [6, 6.07) is 10.3. The van der Waals surface area contributed by atoms with E-state index in [4.69, 9.17) is 4.74 Å². The van der Waals surface area contributed by atoms with Gasteiger partial charge >= 0.3 is 0 Å². The molecule has 2 aromatic rings. The van der Waals surface area contributed by atoms with Gasteiger partial charge in [0, 0.05) is 20.1 Å². The topological polar surface area (TPSA) is 59.3 Å². The second-order valence-corrected chi connectivity index (χ2v) is 6.02. The van der Waals surface area contributed by atoms with Gasteiger partial charge in [-0.3, -0.25) is 0 Å². The number of methoxy groups -OCH3 is 1. The fourth-order valence-electron chi connectivity index (χ4n) is 2.99. The van der Waals surface area contributed by atoms with Crippen molar-refractivity contribution in [2.24, 2.45) is 7.05 Å². The van der Waals surface area contributed by atoms with Crippen molar-refractivity contribution in [2.45, 2.75) is 38.8 Å². The van der Waals surface area contributed by atoms with E-state index in [2.05, 4.69) is 22.5 Å². The molecule has 23 heavy (non-hydrogen) atoms. The maximum absolute atomic E-state index is 9.77. The first kappa shape index (κ1) is 17.5. The summed E-state index contributed by atoms with van der Waals surface area (Å²) in [6.45, 7) is 5.33. The summed E-state index contributed by atoms with van der Waals surface area (Å²) in [6.07, 6.45) is 0.414. The summed E-state index contributed by atoms with van der Waals surface area (Å²) in [5.41, 5.74) is 3.30. The molecule has 1 aromatic carbocycles. The van der Waals surface area contributed by atoms with Crippen molar-refractivity contribution in [1.82, 2.24) is 15.1 Å². The van der Waals surface area contributed by atoms with Crippen molar-refractivity contribution in [3.63, 3.8) is 0 Å². The lowest BCUT2D eigenvalue weighted by molar-refractivity contribution is 0.173. The Hall–Kier alpha value is -1.85. The lowest BCUT2D eigenvalue weighted by atomic mass is 9.93. The van der Waals surface area contributed by atoms with Crippen LogP contribution in [0.25, 0.3) is 0 Å². The number of hydrogen-bond donors (Lipinski definition) is 2. The van der Waals surface area contributed by atoms with Gasteiger partial charge in [-0.05, 0) is 31.7 Å². The molecule has 0 saturated carbocycles. The average molecular weight is 317 g/mol. The van der Waals surface area contributed by atoms with Crippen LogP contribution in [-0.4, -0.2) is 34.6 Å². The number of rotatable bonds is 8. The molecule has 2 atom stereocenters. The highest BCUT2D eigenvalue weighted by Gasteiger charge is 2.16. The molecule has 5 nitrogen and oxygen atoms in total. The summed E-state index contributed by atoms with van der Waals surface area (Å²) in [5.74, 6) is 1.07. The van der Waals surface area contributed by atoms with Gasteiger partial charge in [-0.15, -0.1) is 0 Å². The second kappa shape index (κ2) is 8.13. The van der Waals surface area contributed by atoms with E-state index in [1.165, 1.54) is 5.56 Å². The number of nitrogens with one attached hydrogen (secondary N) is 1. The van der Waals surface area contributed by atoms with Gasteiger partial charge in [0.15, 0.2) is 0 Å². The Bertz CT molecular complexity index is 608. The molecule has 2 N–H and O–H groups in total. The molecule has 0 amide bonds. The first-order valence-electron chi connectivity index (χ1n) is 8.03. The van der Waals surface area contributed by atoms with Crippen LogP contribution in [-0.2, 0) is 13.6 Å². The average Bonchev–Trinajstić information content (AvgIpc) is 2.80. The zero-order valence-electron chi connectivity index (χ0n) is 14.4. The Kier molecular flexibility index (Phi) is 6.19. The molecule has 0 aliphatic carbocycles. The molecule has 0 bridgehead atoms. The molecule has 1 aromatic heterocycles. The highest BCUT2D eigenvalue weighted by molar-refractivity contribution is 5.30. The van der Waals surface area contributed by atoms with Crippen molar-refractivity contribution in [2.75, 3.05) is 13.7 Å². The first-order chi connectivity index (χ1) is 11.0. The van der Waals surface area contributed by atoms with E-state index < -0.39 is 0 Å². The molecule has 0 aliphatic rings. The zero-order chi connectivity index (χ0) is 16.8. The van der Waals surface area contributed by atoms with Crippen molar-refractivity contribution in [3.05, 3.63) is 47.2 Å². The molecular formula is C18H27N3O2. The van der Waals surface area contributed by atoms with E-state index in [0.717, 1.165) is 30.1 Å². The summed E-state index contributed by atoms with van der Waals surface area (Å²) < 4.78 is 7.18. The maximum Gasteiger partial charge on any atom is 0.216 e. The quantitative estimate of drug-likeness (QED) is 0.785. The molecule has 1 heterocycles. The Morgan fingerprint density at radius 3 is 2.61 bits per heavy atom. The van der Waals surface area contributed by atoms with Gasteiger partial charge in [0.05, 0.1) is 24.5 Å². The third kappa shape index (κ3) is 4.56. The van der Waals surface area contributed by atoms with E-state index in [1.54, 1.807) is 11.8 Å². The second-order valence-electron chi connectivity index (χ2n) is 6.02. The van der Waals surface area contributed by atoms with Gasteiger partial charge in [-0.1, -0.05) is 30.3 Å². The fourth-order valence-corrected chi connectivity index (χ4v) is 2.99. The van der Waals surface area contributed by atoms with E-state index in [1.807, 2.05) is 39.1 Å². The number of aliphatic hydroxyl groups excluding tert-OH is 1. The number of aromatic nitrogens is 2. The number of benzene rings is 1. The third-order valence-electron chi connectivity index (χ3n) is 4.07. The number of ether oxygens (including phenoxy) is 1. The predicted octanol–water partition coefficient (Wildman–Crippen LogP) is 2.38. The fraction of sp³-hybridized carbons (Fsp3) is 0.500. The number of hydrogen-bond acceptors (Lipinski definition) is 4. The minimum atomic E-state index is -0.323. The standard InChI is InChI=1S/C18H27N3O2/c1-13(22)10-16(15-8-6-5-7-9-15)11-19-12-17-14(2)20-21(3)18(17)23-4/h5-9,13,16,19,22H,10-12H2,1-4H3. The van der Waals surface area contributed by atoms with E-state index in [0.29, 0.717) is 6.54 Å². The van der Waals surface area contributed by atoms with Crippen molar-refractivity contribution in [1.29, 1.82) is 0 Å². The molecule has 126 valence electrons. The highest BCUT2D eigenvalue weighted by atomic mass is 16.5. The molecule has 0 saturated heterocycles. The van der Waals surface area contributed by atoms with Crippen LogP contribution in [0.2, 0.25) is 0 Å². The summed E-state index contributed by atoms with van der Waals surface area (Å²) >= 11 is 0. The number of aryl methyl sites for hydroxylation is 2. The molecule has 5 heteroatoms. The zero-order valence-corrected chi connectivity index (χ0v) is 14.4. The van der Waals surface area contributed by atoms with Gasteiger partial charge in [-0.25, -0.2) is 4.68 Å². The molecule has 0 aliphatic heterocycles. The third-order valence-corrected chi connectivity index (χ3v) is 4.07. The molecular weight excluding hydrogens is 290 g/mol. The summed E-state index contributed by atoms with van der Waals surface area (Å²) in [5, 5.41) is 17.7. The Morgan fingerprint density at radius 1 is 1.30 bits per heavy atom. The van der Waals surface area contributed by atoms with Gasteiger partial charge in [0.25, 0.3) is 0 Å². The summed E-state index contributed by atoms with van der Waals surface area (Å²) in [7, 11) is 3.55. The highest BCUT2D eigenvalue weighted by Crippen LogP contribution is 2.23. The largest absolute Gasteiger partial charge is 0.481 e. The van der Waals surface area contributed by atoms with Crippen LogP contribution in [0.3, 0.4) is 0 Å². The van der Waals surface area contributed by atoms with Crippen molar-refractivity contribution in [3.8, 4) is 5.88 Å². The Balaban J connectivity index is 2.02. The van der Waals surface area contributed by atoms with E-state index in [9.17, 15) is 5.11 Å². The van der Waals surface area contributed by atoms with Crippen LogP contribution in [0.4, 0.5) is 0 Å². The van der Waals surface area contributed by atoms with Crippen LogP contribution in [0, 0.1) is 6.92 Å². The lowest BCUT2D eigenvalue weighted by Crippen LogP contribution is -2.24. The van der Waals surface area contributed by atoms with E-state index in [-0.39, 0.29) is 12.0 Å². The monoisotopic (exact) mass is 317 g/mol. The van der Waals surface area contributed by atoms with Crippen molar-refractivity contribution < 1.29 is 9.84 Å². The van der Waals surface area contributed by atoms with Crippen LogP contribution < -0.4 is 10.1 Å².